The number of ether oxygens (including phenoxy) is 1. The Bertz CT molecular complexity index is 1420. The number of sulfonamides is 1. The van der Waals surface area contributed by atoms with Crippen LogP contribution in [0.1, 0.15) is 11.1 Å². The molecule has 4 rings (SSSR count). The van der Waals surface area contributed by atoms with Crippen molar-refractivity contribution in [2.24, 2.45) is 0 Å². The number of aromatic nitrogens is 1. The minimum absolute atomic E-state index is 0.110. The molecule has 0 unspecified atom stereocenters. The van der Waals surface area contributed by atoms with Gasteiger partial charge in [0.05, 0.1) is 17.7 Å². The number of carbonyl (C=O) groups is 1. The number of hydrogen-bond donors (Lipinski definition) is 3. The van der Waals surface area contributed by atoms with Gasteiger partial charge in [0.2, 0.25) is 5.91 Å². The molecule has 0 aliphatic heterocycles. The van der Waals surface area contributed by atoms with Crippen molar-refractivity contribution in [3.05, 3.63) is 96.2 Å². The Morgan fingerprint density at radius 2 is 1.74 bits per heavy atom. The zero-order chi connectivity index (χ0) is 24.0. The molecule has 1 aromatic heterocycles. The first-order valence-corrected chi connectivity index (χ1v) is 12.2. The second-order valence-electron chi connectivity index (χ2n) is 7.61. The predicted octanol–water partition coefficient (Wildman–Crippen LogP) is 4.35. The zero-order valence-electron chi connectivity index (χ0n) is 18.6. The van der Waals surface area contributed by atoms with E-state index in [9.17, 15) is 13.2 Å². The second kappa shape index (κ2) is 10.3. The summed E-state index contributed by atoms with van der Waals surface area (Å²) < 4.78 is 33.1. The van der Waals surface area contributed by atoms with Crippen LogP contribution in [-0.4, -0.2) is 33.0 Å². The fraction of sp³-hybridized carbons (Fsp3) is 0.115. The molecular weight excluding hydrogens is 450 g/mol. The number of anilines is 1. The van der Waals surface area contributed by atoms with E-state index in [1.54, 1.807) is 42.5 Å². The van der Waals surface area contributed by atoms with Crippen LogP contribution in [0, 0.1) is 0 Å². The van der Waals surface area contributed by atoms with Gasteiger partial charge in [0, 0.05) is 29.7 Å². The summed E-state index contributed by atoms with van der Waals surface area (Å²) in [5.74, 6) is 0.218. The molecule has 3 aromatic carbocycles. The Kier molecular flexibility index (Phi) is 6.98. The number of amides is 1. The summed E-state index contributed by atoms with van der Waals surface area (Å²) in [5.41, 5.74) is 3.30. The molecule has 8 heteroatoms. The van der Waals surface area contributed by atoms with Crippen molar-refractivity contribution in [3.63, 3.8) is 0 Å². The Hall–Kier alpha value is -4.04. The van der Waals surface area contributed by atoms with E-state index < -0.39 is 10.0 Å². The highest BCUT2D eigenvalue weighted by Crippen LogP contribution is 2.26. The van der Waals surface area contributed by atoms with Crippen molar-refractivity contribution in [2.75, 3.05) is 18.4 Å². The lowest BCUT2D eigenvalue weighted by Crippen LogP contribution is -2.23. The molecule has 0 aliphatic carbocycles. The van der Waals surface area contributed by atoms with E-state index in [4.69, 9.17) is 4.74 Å². The SMILES string of the molecule is COc1ccccc1NS(=O)(=O)c1ccc(/C=C/C(=O)NCCc2c[nH]c3ccccc23)cc1. The van der Waals surface area contributed by atoms with Gasteiger partial charge in [-0.3, -0.25) is 9.52 Å². The summed E-state index contributed by atoms with van der Waals surface area (Å²) in [6.45, 7) is 0.511. The molecule has 34 heavy (non-hydrogen) atoms. The first-order valence-electron chi connectivity index (χ1n) is 10.7. The number of methoxy groups -OCH3 is 1. The van der Waals surface area contributed by atoms with E-state index in [1.165, 1.54) is 25.3 Å². The molecule has 0 saturated carbocycles. The van der Waals surface area contributed by atoms with Gasteiger partial charge in [-0.15, -0.1) is 0 Å². The summed E-state index contributed by atoms with van der Waals surface area (Å²) >= 11 is 0. The van der Waals surface area contributed by atoms with Crippen LogP contribution in [-0.2, 0) is 21.2 Å². The molecule has 0 saturated heterocycles. The molecule has 0 bridgehead atoms. The van der Waals surface area contributed by atoms with Gasteiger partial charge in [-0.05, 0) is 54.0 Å². The summed E-state index contributed by atoms with van der Waals surface area (Å²) in [4.78, 5) is 15.5. The summed E-state index contributed by atoms with van der Waals surface area (Å²) in [5, 5.41) is 4.03. The summed E-state index contributed by atoms with van der Waals surface area (Å²) in [6, 6.07) is 21.1. The second-order valence-corrected chi connectivity index (χ2v) is 9.29. The first-order chi connectivity index (χ1) is 16.5. The molecule has 174 valence electrons. The van der Waals surface area contributed by atoms with Crippen LogP contribution >= 0.6 is 0 Å². The number of aromatic amines is 1. The van der Waals surface area contributed by atoms with E-state index in [0.717, 1.165) is 22.9 Å². The predicted molar refractivity (Wildman–Crippen MR) is 134 cm³/mol. The summed E-state index contributed by atoms with van der Waals surface area (Å²) in [6.07, 6.45) is 5.76. The minimum Gasteiger partial charge on any atom is -0.495 e. The molecule has 0 fully saturated rings. The van der Waals surface area contributed by atoms with Crippen molar-refractivity contribution in [2.45, 2.75) is 11.3 Å². The van der Waals surface area contributed by atoms with E-state index in [2.05, 4.69) is 21.1 Å². The number of H-pyrrole nitrogens is 1. The van der Waals surface area contributed by atoms with Crippen LogP contribution < -0.4 is 14.8 Å². The monoisotopic (exact) mass is 475 g/mol. The number of hydrogen-bond acceptors (Lipinski definition) is 4. The standard InChI is InChI=1S/C26H25N3O4S/c1-33-25-9-5-4-8-24(25)29-34(31,32)21-13-10-19(11-14-21)12-15-26(30)27-17-16-20-18-28-23-7-3-2-6-22(20)23/h2-15,18,28-29H,16-17H2,1H3,(H,27,30)/b15-12+. The molecule has 1 heterocycles. The van der Waals surface area contributed by atoms with Crippen LogP contribution in [0.5, 0.6) is 5.75 Å². The van der Waals surface area contributed by atoms with Crippen LogP contribution in [0.15, 0.2) is 90.0 Å². The molecule has 0 spiro atoms. The van der Waals surface area contributed by atoms with Gasteiger partial charge in [0.15, 0.2) is 0 Å². The highest BCUT2D eigenvalue weighted by atomic mass is 32.2. The third-order valence-electron chi connectivity index (χ3n) is 5.34. The van der Waals surface area contributed by atoms with Crippen molar-refractivity contribution in [1.29, 1.82) is 0 Å². The van der Waals surface area contributed by atoms with Crippen molar-refractivity contribution in [1.82, 2.24) is 10.3 Å². The molecule has 1 amide bonds. The third-order valence-corrected chi connectivity index (χ3v) is 6.72. The molecule has 0 atom stereocenters. The topological polar surface area (TPSA) is 100 Å². The lowest BCUT2D eigenvalue weighted by molar-refractivity contribution is -0.116. The maximum atomic E-state index is 12.7. The average molecular weight is 476 g/mol. The number of benzene rings is 3. The number of carbonyl (C=O) groups excluding carboxylic acids is 1. The summed E-state index contributed by atoms with van der Waals surface area (Å²) in [7, 11) is -2.30. The number of fused-ring (bicyclic) bond motifs is 1. The fourth-order valence-corrected chi connectivity index (χ4v) is 4.65. The lowest BCUT2D eigenvalue weighted by atomic mass is 10.1. The number of rotatable bonds is 9. The molecule has 4 aromatic rings. The van der Waals surface area contributed by atoms with Gasteiger partial charge in [0.1, 0.15) is 5.75 Å². The Morgan fingerprint density at radius 3 is 2.53 bits per heavy atom. The van der Waals surface area contributed by atoms with Crippen molar-refractivity contribution in [3.8, 4) is 5.75 Å². The van der Waals surface area contributed by atoms with Gasteiger partial charge in [-0.25, -0.2) is 8.42 Å². The minimum atomic E-state index is -3.78. The van der Waals surface area contributed by atoms with E-state index in [0.29, 0.717) is 23.5 Å². The fourth-order valence-electron chi connectivity index (χ4n) is 3.58. The largest absolute Gasteiger partial charge is 0.495 e. The normalized spacial score (nSPS) is 11.6. The zero-order valence-corrected chi connectivity index (χ0v) is 19.4. The van der Waals surface area contributed by atoms with Crippen LogP contribution in [0.3, 0.4) is 0 Å². The Labute approximate surface area is 198 Å². The van der Waals surface area contributed by atoms with Crippen LogP contribution in [0.25, 0.3) is 17.0 Å². The molecule has 7 nitrogen and oxygen atoms in total. The maximum Gasteiger partial charge on any atom is 0.262 e. The Morgan fingerprint density at radius 1 is 1.00 bits per heavy atom. The quantitative estimate of drug-likeness (QED) is 0.313. The Balaban J connectivity index is 1.32. The number of para-hydroxylation sites is 3. The van der Waals surface area contributed by atoms with Crippen molar-refractivity contribution >= 4 is 38.6 Å². The van der Waals surface area contributed by atoms with Gasteiger partial charge >= 0.3 is 0 Å². The van der Waals surface area contributed by atoms with Crippen LogP contribution in [0.4, 0.5) is 5.69 Å². The van der Waals surface area contributed by atoms with Gasteiger partial charge in [-0.2, -0.15) is 0 Å². The smallest absolute Gasteiger partial charge is 0.262 e. The lowest BCUT2D eigenvalue weighted by Gasteiger charge is -2.11. The number of nitrogens with one attached hydrogen (secondary N) is 3. The van der Waals surface area contributed by atoms with Crippen molar-refractivity contribution < 1.29 is 17.9 Å². The molecule has 0 radical (unpaired) electrons. The van der Waals surface area contributed by atoms with Crippen LogP contribution in [0.2, 0.25) is 0 Å². The molecule has 0 aliphatic rings. The maximum absolute atomic E-state index is 12.7. The molecular formula is C26H25N3O4S. The highest BCUT2D eigenvalue weighted by Gasteiger charge is 2.16. The average Bonchev–Trinajstić information content (AvgIpc) is 3.26. The highest BCUT2D eigenvalue weighted by molar-refractivity contribution is 7.92. The van der Waals surface area contributed by atoms with E-state index in [1.807, 2.05) is 24.4 Å². The third kappa shape index (κ3) is 5.47. The van der Waals surface area contributed by atoms with Gasteiger partial charge < -0.3 is 15.0 Å². The molecule has 3 N–H and O–H groups in total. The van der Waals surface area contributed by atoms with Gasteiger partial charge in [0.25, 0.3) is 10.0 Å². The first kappa shape index (κ1) is 23.1. The van der Waals surface area contributed by atoms with E-state index >= 15 is 0 Å². The van der Waals surface area contributed by atoms with E-state index in [-0.39, 0.29) is 10.8 Å². The van der Waals surface area contributed by atoms with Gasteiger partial charge in [-0.1, -0.05) is 42.5 Å².